The maximum atomic E-state index is 4.14. The zero-order valence-corrected chi connectivity index (χ0v) is 10.7. The molecule has 0 aliphatic rings. The Kier molecular flexibility index (Phi) is 3.24. The van der Waals surface area contributed by atoms with E-state index in [1.54, 1.807) is 28.1 Å². The van der Waals surface area contributed by atoms with Crippen molar-refractivity contribution in [3.8, 4) is 5.69 Å². The molecule has 20 heavy (non-hydrogen) atoms. The summed E-state index contributed by atoms with van der Waals surface area (Å²) in [6, 6.07) is 7.84. The molecule has 0 saturated heterocycles. The number of hydrogen-bond donors (Lipinski definition) is 1. The molecule has 3 rings (SSSR count). The molecular weight excluding hydrogens is 254 g/mol. The summed E-state index contributed by atoms with van der Waals surface area (Å²) in [5, 5.41) is 18.7. The number of aromatic nitrogens is 6. The van der Waals surface area contributed by atoms with E-state index < -0.39 is 0 Å². The normalized spacial score (nSPS) is 10.4. The zero-order chi connectivity index (χ0) is 13.8. The lowest BCUT2D eigenvalue weighted by atomic mass is 10.2. The summed E-state index contributed by atoms with van der Waals surface area (Å²) in [5.74, 6) is 0. The van der Waals surface area contributed by atoms with Crippen LogP contribution in [-0.2, 0) is 6.54 Å². The van der Waals surface area contributed by atoms with Crippen molar-refractivity contribution in [1.29, 1.82) is 0 Å². The van der Waals surface area contributed by atoms with E-state index in [9.17, 15) is 0 Å². The highest BCUT2D eigenvalue weighted by Crippen LogP contribution is 2.19. The highest BCUT2D eigenvalue weighted by molar-refractivity contribution is 5.60. The molecule has 7 nitrogen and oxygen atoms in total. The quantitative estimate of drug-likeness (QED) is 0.759. The van der Waals surface area contributed by atoms with Gasteiger partial charge in [0, 0.05) is 24.5 Å². The van der Waals surface area contributed by atoms with E-state index in [-0.39, 0.29) is 0 Å². The van der Waals surface area contributed by atoms with E-state index in [1.165, 1.54) is 0 Å². The van der Waals surface area contributed by atoms with Gasteiger partial charge in [-0.05, 0) is 22.6 Å². The van der Waals surface area contributed by atoms with Gasteiger partial charge in [-0.2, -0.15) is 9.78 Å². The van der Waals surface area contributed by atoms with Gasteiger partial charge in [-0.1, -0.05) is 18.7 Å². The highest BCUT2D eigenvalue weighted by Gasteiger charge is 2.05. The molecule has 100 valence electrons. The van der Waals surface area contributed by atoms with Crippen LogP contribution in [-0.4, -0.2) is 30.0 Å². The van der Waals surface area contributed by atoms with E-state index in [4.69, 9.17) is 0 Å². The van der Waals surface area contributed by atoms with E-state index in [2.05, 4.69) is 32.5 Å². The maximum Gasteiger partial charge on any atom is 0.143 e. The van der Waals surface area contributed by atoms with Gasteiger partial charge in [0.15, 0.2) is 0 Å². The summed E-state index contributed by atoms with van der Waals surface area (Å²) >= 11 is 0. The van der Waals surface area contributed by atoms with Gasteiger partial charge in [0.2, 0.25) is 0 Å². The SMILES string of the molecule is C=Cn1cc(CNc2ccccc2-n2cnnn2)cn1. The first-order chi connectivity index (χ1) is 9.86. The van der Waals surface area contributed by atoms with Crippen molar-refractivity contribution in [3.63, 3.8) is 0 Å². The summed E-state index contributed by atoms with van der Waals surface area (Å²) in [7, 11) is 0. The number of benzene rings is 1. The molecule has 3 aromatic rings. The van der Waals surface area contributed by atoms with Crippen LogP contribution in [0, 0.1) is 0 Å². The molecule has 0 atom stereocenters. The molecule has 7 heteroatoms. The van der Waals surface area contributed by atoms with Crippen molar-refractivity contribution in [1.82, 2.24) is 30.0 Å². The third-order valence-corrected chi connectivity index (χ3v) is 2.82. The Hall–Kier alpha value is -2.96. The Morgan fingerprint density at radius 3 is 2.95 bits per heavy atom. The van der Waals surface area contributed by atoms with Crippen LogP contribution < -0.4 is 5.32 Å². The molecular formula is C13H13N7. The first-order valence-corrected chi connectivity index (χ1v) is 6.08. The van der Waals surface area contributed by atoms with Gasteiger partial charge in [0.05, 0.1) is 17.6 Å². The summed E-state index contributed by atoms with van der Waals surface area (Å²) in [6.45, 7) is 4.32. The smallest absolute Gasteiger partial charge is 0.143 e. The van der Waals surface area contributed by atoms with Crippen LogP contribution in [0.15, 0.2) is 49.6 Å². The minimum atomic E-state index is 0.660. The van der Waals surface area contributed by atoms with Crippen LogP contribution in [0.2, 0.25) is 0 Å². The predicted octanol–water partition coefficient (Wildman–Crippen LogP) is 1.57. The average Bonchev–Trinajstić information content (AvgIpc) is 3.17. The van der Waals surface area contributed by atoms with Crippen molar-refractivity contribution in [3.05, 3.63) is 55.1 Å². The maximum absolute atomic E-state index is 4.14. The van der Waals surface area contributed by atoms with Gasteiger partial charge < -0.3 is 5.32 Å². The second-order valence-corrected chi connectivity index (χ2v) is 4.14. The molecule has 2 heterocycles. The summed E-state index contributed by atoms with van der Waals surface area (Å²) in [5.41, 5.74) is 2.91. The fraction of sp³-hybridized carbons (Fsp3) is 0.0769. The number of nitrogens with zero attached hydrogens (tertiary/aromatic N) is 6. The first kappa shape index (κ1) is 12.1. The number of tetrazole rings is 1. The van der Waals surface area contributed by atoms with Crippen molar-refractivity contribution < 1.29 is 0 Å². The molecule has 0 saturated carbocycles. The molecule has 0 bridgehead atoms. The van der Waals surface area contributed by atoms with Gasteiger partial charge in [-0.25, -0.2) is 4.68 Å². The summed E-state index contributed by atoms with van der Waals surface area (Å²) < 4.78 is 3.29. The second-order valence-electron chi connectivity index (χ2n) is 4.14. The lowest BCUT2D eigenvalue weighted by Crippen LogP contribution is -2.04. The molecule has 0 aliphatic heterocycles. The fourth-order valence-corrected chi connectivity index (χ4v) is 1.86. The third kappa shape index (κ3) is 2.41. The summed E-state index contributed by atoms with van der Waals surface area (Å²) in [6.07, 6.45) is 6.93. The van der Waals surface area contributed by atoms with E-state index in [0.717, 1.165) is 16.9 Å². The minimum absolute atomic E-state index is 0.660. The van der Waals surface area contributed by atoms with Crippen molar-refractivity contribution in [2.75, 3.05) is 5.32 Å². The number of hydrogen-bond acceptors (Lipinski definition) is 5. The molecule has 0 spiro atoms. The van der Waals surface area contributed by atoms with Crippen LogP contribution in [0.3, 0.4) is 0 Å². The largest absolute Gasteiger partial charge is 0.379 e. The van der Waals surface area contributed by atoms with Crippen LogP contribution in [0.4, 0.5) is 5.69 Å². The van der Waals surface area contributed by atoms with Gasteiger partial charge in [0.25, 0.3) is 0 Å². The van der Waals surface area contributed by atoms with Crippen LogP contribution in [0.1, 0.15) is 5.56 Å². The molecule has 0 fully saturated rings. The zero-order valence-electron chi connectivity index (χ0n) is 10.7. The third-order valence-electron chi connectivity index (χ3n) is 2.82. The van der Waals surface area contributed by atoms with Crippen molar-refractivity contribution >= 4 is 11.9 Å². The number of anilines is 1. The number of para-hydroxylation sites is 2. The topological polar surface area (TPSA) is 73.5 Å². The van der Waals surface area contributed by atoms with Gasteiger partial charge >= 0.3 is 0 Å². The monoisotopic (exact) mass is 267 g/mol. The average molecular weight is 267 g/mol. The van der Waals surface area contributed by atoms with Gasteiger partial charge in [0.1, 0.15) is 6.33 Å². The van der Waals surface area contributed by atoms with Crippen molar-refractivity contribution in [2.24, 2.45) is 0 Å². The molecule has 2 aromatic heterocycles. The highest BCUT2D eigenvalue weighted by atomic mass is 15.5. The number of nitrogens with one attached hydrogen (secondary N) is 1. The van der Waals surface area contributed by atoms with Gasteiger partial charge in [-0.3, -0.25) is 0 Å². The van der Waals surface area contributed by atoms with Crippen LogP contribution >= 0.6 is 0 Å². The fourth-order valence-electron chi connectivity index (χ4n) is 1.86. The molecule has 1 aromatic carbocycles. The molecule has 0 unspecified atom stereocenters. The predicted molar refractivity (Wildman–Crippen MR) is 75.1 cm³/mol. The van der Waals surface area contributed by atoms with Crippen molar-refractivity contribution in [2.45, 2.75) is 6.54 Å². The van der Waals surface area contributed by atoms with E-state index in [1.807, 2.05) is 30.5 Å². The summed E-state index contributed by atoms with van der Waals surface area (Å²) in [4.78, 5) is 0. The molecule has 1 N–H and O–H groups in total. The van der Waals surface area contributed by atoms with Crippen LogP contribution in [0.25, 0.3) is 11.9 Å². The Morgan fingerprint density at radius 1 is 1.30 bits per heavy atom. The molecule has 0 radical (unpaired) electrons. The Morgan fingerprint density at radius 2 is 2.20 bits per heavy atom. The number of rotatable bonds is 5. The van der Waals surface area contributed by atoms with E-state index in [0.29, 0.717) is 6.54 Å². The van der Waals surface area contributed by atoms with Crippen LogP contribution in [0.5, 0.6) is 0 Å². The van der Waals surface area contributed by atoms with E-state index >= 15 is 0 Å². The Labute approximate surface area is 115 Å². The Bertz CT molecular complexity index is 699. The molecule has 0 amide bonds. The minimum Gasteiger partial charge on any atom is -0.379 e. The second kappa shape index (κ2) is 5.35. The lowest BCUT2D eigenvalue weighted by Gasteiger charge is -2.10. The standard InChI is InChI=1S/C13H13N7/c1-2-19-9-11(8-16-19)7-14-12-5-3-4-6-13(12)20-10-15-17-18-20/h2-6,8-10,14H,1,7H2. The first-order valence-electron chi connectivity index (χ1n) is 6.08. The molecule has 0 aliphatic carbocycles. The lowest BCUT2D eigenvalue weighted by molar-refractivity contribution is 0.789. The van der Waals surface area contributed by atoms with Gasteiger partial charge in [-0.15, -0.1) is 5.10 Å². The Balaban J connectivity index is 1.79.